The minimum atomic E-state index is 0.427. The summed E-state index contributed by atoms with van der Waals surface area (Å²) in [5.74, 6) is 2.65. The summed E-state index contributed by atoms with van der Waals surface area (Å²) in [7, 11) is 4.86. The van der Waals surface area contributed by atoms with Crippen LogP contribution in [0.1, 0.15) is 16.7 Å². The molecule has 4 rings (SSSR count). The lowest BCUT2D eigenvalue weighted by atomic mass is 10.1. The van der Waals surface area contributed by atoms with Crippen LogP contribution >= 0.6 is 15.9 Å². The number of rotatable bonds is 10. The average molecular weight is 535 g/mol. The van der Waals surface area contributed by atoms with Crippen molar-refractivity contribution in [1.29, 1.82) is 0 Å². The third-order valence-corrected chi connectivity index (χ3v) is 6.13. The highest BCUT2D eigenvalue weighted by Crippen LogP contribution is 2.37. The second-order valence-corrected chi connectivity index (χ2v) is 8.60. The second kappa shape index (κ2) is 11.6. The van der Waals surface area contributed by atoms with Gasteiger partial charge in [0.2, 0.25) is 0 Å². The van der Waals surface area contributed by atoms with Crippen LogP contribution in [0.5, 0.6) is 23.0 Å². The molecule has 0 saturated heterocycles. The first kappa shape index (κ1) is 24.4. The molecule has 0 aliphatic rings. The summed E-state index contributed by atoms with van der Waals surface area (Å²) < 4.78 is 23.2. The molecular formula is C28H27BrN2O4. The van der Waals surface area contributed by atoms with Gasteiger partial charge in [0.05, 0.1) is 38.6 Å². The van der Waals surface area contributed by atoms with Gasteiger partial charge in [0, 0.05) is 0 Å². The Hall–Kier alpha value is -3.71. The van der Waals surface area contributed by atoms with Crippen molar-refractivity contribution in [2.75, 3.05) is 21.3 Å². The van der Waals surface area contributed by atoms with Gasteiger partial charge in [-0.2, -0.15) is 5.10 Å². The van der Waals surface area contributed by atoms with Gasteiger partial charge in [0.1, 0.15) is 6.61 Å². The number of nitrogens with one attached hydrogen (secondary N) is 1. The van der Waals surface area contributed by atoms with Crippen LogP contribution in [0.25, 0.3) is 10.8 Å². The Morgan fingerprint density at radius 3 is 2.40 bits per heavy atom. The Morgan fingerprint density at radius 2 is 1.60 bits per heavy atom. The third-order valence-electron chi connectivity index (χ3n) is 5.54. The minimum absolute atomic E-state index is 0.427. The topological polar surface area (TPSA) is 61.3 Å². The van der Waals surface area contributed by atoms with Crippen molar-refractivity contribution in [2.45, 2.75) is 13.2 Å². The number of methoxy groups -OCH3 is 3. The zero-order valence-electron chi connectivity index (χ0n) is 19.9. The van der Waals surface area contributed by atoms with Gasteiger partial charge in [0.25, 0.3) is 0 Å². The van der Waals surface area contributed by atoms with Gasteiger partial charge in [-0.05, 0) is 67.7 Å². The maximum absolute atomic E-state index is 6.18. The number of benzene rings is 4. The van der Waals surface area contributed by atoms with E-state index in [2.05, 4.69) is 50.7 Å². The van der Waals surface area contributed by atoms with E-state index >= 15 is 0 Å². The van der Waals surface area contributed by atoms with Crippen LogP contribution in [-0.2, 0) is 13.2 Å². The van der Waals surface area contributed by atoms with Crippen molar-refractivity contribution in [3.63, 3.8) is 0 Å². The quantitative estimate of drug-likeness (QED) is 0.190. The van der Waals surface area contributed by atoms with Gasteiger partial charge in [-0.25, -0.2) is 0 Å². The molecule has 6 nitrogen and oxygen atoms in total. The smallest absolute Gasteiger partial charge is 0.175 e. The SMILES string of the molecule is COc1ccc(CN/N=C/c2cc(Br)c(OCc3cccc4ccccc34)c(OC)c2)cc1OC. The van der Waals surface area contributed by atoms with Gasteiger partial charge in [-0.1, -0.05) is 48.5 Å². The van der Waals surface area contributed by atoms with E-state index in [1.807, 2.05) is 48.5 Å². The molecule has 0 radical (unpaired) electrons. The lowest BCUT2D eigenvalue weighted by Crippen LogP contribution is -2.06. The van der Waals surface area contributed by atoms with Crippen LogP contribution in [0, 0.1) is 0 Å². The number of hydrazone groups is 1. The van der Waals surface area contributed by atoms with Crippen LogP contribution in [0.15, 0.2) is 82.4 Å². The van der Waals surface area contributed by atoms with E-state index < -0.39 is 0 Å². The normalized spacial score (nSPS) is 11.0. The molecule has 1 N–H and O–H groups in total. The number of nitrogens with zero attached hydrogens (tertiary/aromatic N) is 1. The Morgan fingerprint density at radius 1 is 0.829 bits per heavy atom. The molecule has 0 aromatic heterocycles. The molecule has 0 fully saturated rings. The summed E-state index contributed by atoms with van der Waals surface area (Å²) in [4.78, 5) is 0. The summed E-state index contributed by atoms with van der Waals surface area (Å²) in [6.07, 6.45) is 1.74. The lowest BCUT2D eigenvalue weighted by molar-refractivity contribution is 0.283. The maximum atomic E-state index is 6.18. The summed E-state index contributed by atoms with van der Waals surface area (Å²) in [5, 5.41) is 6.71. The summed E-state index contributed by atoms with van der Waals surface area (Å²) in [5.41, 5.74) is 6.06. The molecule has 180 valence electrons. The van der Waals surface area contributed by atoms with E-state index in [1.54, 1.807) is 27.5 Å². The van der Waals surface area contributed by atoms with E-state index in [0.29, 0.717) is 36.1 Å². The fraction of sp³-hybridized carbons (Fsp3) is 0.179. The van der Waals surface area contributed by atoms with E-state index in [4.69, 9.17) is 18.9 Å². The molecular weight excluding hydrogens is 508 g/mol. The van der Waals surface area contributed by atoms with Crippen molar-refractivity contribution in [3.05, 3.63) is 94.0 Å². The molecule has 0 aliphatic heterocycles. The summed E-state index contributed by atoms with van der Waals surface area (Å²) in [6.45, 7) is 0.970. The van der Waals surface area contributed by atoms with Crippen LogP contribution in [0.3, 0.4) is 0 Å². The number of halogens is 1. The molecule has 7 heteroatoms. The average Bonchev–Trinajstić information content (AvgIpc) is 2.90. The van der Waals surface area contributed by atoms with Crippen molar-refractivity contribution >= 4 is 32.9 Å². The molecule has 4 aromatic carbocycles. The summed E-state index contributed by atoms with van der Waals surface area (Å²) in [6, 6.07) is 24.1. The molecule has 0 amide bonds. The first-order chi connectivity index (χ1) is 17.1. The van der Waals surface area contributed by atoms with Crippen molar-refractivity contribution < 1.29 is 18.9 Å². The molecule has 35 heavy (non-hydrogen) atoms. The first-order valence-corrected chi connectivity index (χ1v) is 11.9. The predicted octanol–water partition coefficient (Wildman–Crippen LogP) is 6.33. The summed E-state index contributed by atoms with van der Waals surface area (Å²) >= 11 is 3.62. The van der Waals surface area contributed by atoms with E-state index in [-0.39, 0.29) is 0 Å². The fourth-order valence-electron chi connectivity index (χ4n) is 3.77. The molecule has 0 aliphatic carbocycles. The Kier molecular flexibility index (Phi) is 8.11. The molecule has 0 atom stereocenters. The molecule has 0 unspecified atom stereocenters. The number of fused-ring (bicyclic) bond motifs is 1. The second-order valence-electron chi connectivity index (χ2n) is 7.74. The highest BCUT2D eigenvalue weighted by molar-refractivity contribution is 9.10. The van der Waals surface area contributed by atoms with Crippen LogP contribution in [0.2, 0.25) is 0 Å². The third kappa shape index (κ3) is 5.87. The molecule has 0 saturated carbocycles. The highest BCUT2D eigenvalue weighted by Gasteiger charge is 2.12. The predicted molar refractivity (Wildman–Crippen MR) is 143 cm³/mol. The van der Waals surface area contributed by atoms with E-state index in [9.17, 15) is 0 Å². The minimum Gasteiger partial charge on any atom is -0.493 e. The highest BCUT2D eigenvalue weighted by atomic mass is 79.9. The molecule has 4 aromatic rings. The first-order valence-electron chi connectivity index (χ1n) is 11.1. The van der Waals surface area contributed by atoms with Gasteiger partial charge in [0.15, 0.2) is 23.0 Å². The Labute approximate surface area is 213 Å². The van der Waals surface area contributed by atoms with Crippen molar-refractivity contribution in [2.24, 2.45) is 5.10 Å². The van der Waals surface area contributed by atoms with Gasteiger partial charge < -0.3 is 24.4 Å². The Bertz CT molecular complexity index is 1330. The number of hydrogen-bond donors (Lipinski definition) is 1. The molecule has 0 bridgehead atoms. The zero-order chi connectivity index (χ0) is 24.6. The molecule has 0 spiro atoms. The largest absolute Gasteiger partial charge is 0.493 e. The number of ether oxygens (including phenoxy) is 4. The lowest BCUT2D eigenvalue weighted by Gasteiger charge is -2.14. The van der Waals surface area contributed by atoms with Crippen molar-refractivity contribution in [3.8, 4) is 23.0 Å². The van der Waals surface area contributed by atoms with Crippen LogP contribution < -0.4 is 24.4 Å². The van der Waals surface area contributed by atoms with Crippen molar-refractivity contribution in [1.82, 2.24) is 5.43 Å². The van der Waals surface area contributed by atoms with Gasteiger partial charge in [-0.3, -0.25) is 0 Å². The maximum Gasteiger partial charge on any atom is 0.175 e. The standard InChI is InChI=1S/C28H27BrN2O4/c1-32-25-12-11-19(14-26(25)33-2)16-30-31-17-20-13-24(29)28(27(15-20)34-3)35-18-22-9-6-8-21-7-4-5-10-23(21)22/h4-15,17,30H,16,18H2,1-3H3/b31-17+. The van der Waals surface area contributed by atoms with Gasteiger partial charge in [-0.15, -0.1) is 0 Å². The monoisotopic (exact) mass is 534 g/mol. The fourth-order valence-corrected chi connectivity index (χ4v) is 4.34. The number of hydrogen-bond acceptors (Lipinski definition) is 6. The molecule has 0 heterocycles. The van der Waals surface area contributed by atoms with E-state index in [1.165, 1.54) is 10.8 Å². The Balaban J connectivity index is 1.43. The zero-order valence-corrected chi connectivity index (χ0v) is 21.5. The van der Waals surface area contributed by atoms with Crippen LogP contribution in [0.4, 0.5) is 0 Å². The van der Waals surface area contributed by atoms with Crippen LogP contribution in [-0.4, -0.2) is 27.5 Å². The van der Waals surface area contributed by atoms with E-state index in [0.717, 1.165) is 21.2 Å². The van der Waals surface area contributed by atoms with Gasteiger partial charge >= 0.3 is 0 Å².